The van der Waals surface area contributed by atoms with E-state index in [2.05, 4.69) is 26.1 Å². The number of aliphatic hydroxyl groups is 4. The van der Waals surface area contributed by atoms with Crippen molar-refractivity contribution in [2.24, 2.45) is 11.8 Å². The third-order valence-corrected chi connectivity index (χ3v) is 8.95. The number of rotatable bonds is 13. The molecule has 1 saturated carbocycles. The summed E-state index contributed by atoms with van der Waals surface area (Å²) in [7, 11) is 0. The van der Waals surface area contributed by atoms with Gasteiger partial charge >= 0.3 is 5.97 Å². The predicted molar refractivity (Wildman–Crippen MR) is 164 cm³/mol. The number of aliphatic carboxylic acids is 1. The second kappa shape index (κ2) is 13.0. The lowest BCUT2D eigenvalue weighted by Crippen LogP contribution is -2.53. The van der Waals surface area contributed by atoms with Gasteiger partial charge in [0.1, 0.15) is 12.2 Å². The van der Waals surface area contributed by atoms with Gasteiger partial charge < -0.3 is 36.0 Å². The Kier molecular flexibility index (Phi) is 9.89. The number of carbonyl (C=O) groups is 4. The van der Waals surface area contributed by atoms with Crippen LogP contribution < -0.4 is 5.32 Å². The summed E-state index contributed by atoms with van der Waals surface area (Å²) in [6.07, 6.45) is -1.30. The number of aliphatic hydroxyl groups excluding tert-OH is 2. The molecule has 0 aromatic heterocycles. The summed E-state index contributed by atoms with van der Waals surface area (Å²) in [4.78, 5) is 50.0. The highest BCUT2D eigenvalue weighted by molar-refractivity contribution is 6.04. The molecule has 3 unspecified atom stereocenters. The van der Waals surface area contributed by atoms with Crippen molar-refractivity contribution in [3.05, 3.63) is 52.6 Å². The predicted octanol–water partition coefficient (Wildman–Crippen LogP) is 2.40. The zero-order chi connectivity index (χ0) is 33.3. The number of carboxylic acids is 1. The minimum Gasteiger partial charge on any atom is -0.507 e. The Hall–Kier alpha value is -3.64. The molecule has 11 nitrogen and oxygen atoms in total. The number of nitrogens with one attached hydrogen (secondary N) is 1. The van der Waals surface area contributed by atoms with Crippen molar-refractivity contribution in [1.29, 1.82) is 0 Å². The van der Waals surface area contributed by atoms with Gasteiger partial charge in [0.25, 0.3) is 0 Å². The Bertz CT molecular complexity index is 1470. The van der Waals surface area contributed by atoms with Crippen molar-refractivity contribution in [3.8, 4) is 16.9 Å². The number of ketones is 2. The van der Waals surface area contributed by atoms with E-state index in [1.807, 2.05) is 24.3 Å². The van der Waals surface area contributed by atoms with Gasteiger partial charge in [0.15, 0.2) is 11.6 Å². The number of carbonyl (C=O) groups excluding carboxylic acids is 3. The lowest BCUT2D eigenvalue weighted by molar-refractivity contribution is -0.151. The molecule has 45 heavy (non-hydrogen) atoms. The van der Waals surface area contributed by atoms with Crippen LogP contribution in [0.5, 0.6) is 5.75 Å². The van der Waals surface area contributed by atoms with Gasteiger partial charge in [0.2, 0.25) is 5.91 Å². The molecule has 2 aromatic carbocycles. The fourth-order valence-electron chi connectivity index (χ4n) is 6.36. The Balaban J connectivity index is 1.79. The monoisotopic (exact) mass is 625 g/mol. The number of carboxylic acid groups (broad SMARTS) is 1. The molecule has 11 heteroatoms. The molecule has 0 aliphatic heterocycles. The van der Waals surface area contributed by atoms with Crippen LogP contribution in [0.25, 0.3) is 11.1 Å². The molecule has 2 aliphatic rings. The quantitative estimate of drug-likeness (QED) is 0.162. The van der Waals surface area contributed by atoms with Crippen LogP contribution in [-0.4, -0.2) is 78.5 Å². The number of fused-ring (bicyclic) bond motifs is 1. The molecule has 0 spiro atoms. The molecular formula is C34H43NO10. The average Bonchev–Trinajstić information content (AvgIpc) is 3.77. The summed E-state index contributed by atoms with van der Waals surface area (Å²) in [6.45, 7) is 4.61. The van der Waals surface area contributed by atoms with Gasteiger partial charge in [0, 0.05) is 50.3 Å². The molecule has 2 aliphatic carbocycles. The first kappa shape index (κ1) is 34.2. The number of hydrogen-bond donors (Lipinski definition) is 7. The molecule has 2 aromatic rings. The molecule has 0 radical (unpaired) electrons. The molecule has 4 rings (SSSR count). The molecule has 1 fully saturated rings. The molecule has 7 N–H and O–H groups in total. The van der Waals surface area contributed by atoms with Crippen LogP contribution in [-0.2, 0) is 32.8 Å². The van der Waals surface area contributed by atoms with E-state index in [-0.39, 0.29) is 41.5 Å². The number of Topliss-reactive ketones (excluding diaryl/α,β-unsaturated/α-hetero) is 2. The van der Waals surface area contributed by atoms with Gasteiger partial charge in [-0.15, -0.1) is 0 Å². The molecule has 3 atom stereocenters. The van der Waals surface area contributed by atoms with Crippen molar-refractivity contribution in [1.82, 2.24) is 5.32 Å². The first-order chi connectivity index (χ1) is 21.0. The van der Waals surface area contributed by atoms with Crippen LogP contribution >= 0.6 is 0 Å². The second-order valence-electron chi connectivity index (χ2n) is 13.6. The van der Waals surface area contributed by atoms with Gasteiger partial charge in [0.05, 0.1) is 29.3 Å². The maximum atomic E-state index is 13.7. The maximum absolute atomic E-state index is 13.7. The Morgan fingerprint density at radius 1 is 1.07 bits per heavy atom. The number of hydrogen-bond acceptors (Lipinski definition) is 9. The smallest absolute Gasteiger partial charge is 0.310 e. The van der Waals surface area contributed by atoms with Gasteiger partial charge in [-0.05, 0) is 46.6 Å². The van der Waals surface area contributed by atoms with Gasteiger partial charge in [-0.2, -0.15) is 0 Å². The van der Waals surface area contributed by atoms with Gasteiger partial charge in [-0.3, -0.25) is 19.2 Å². The molecule has 0 saturated heterocycles. The maximum Gasteiger partial charge on any atom is 0.310 e. The SMILES string of the molecule is CC(C)(C)c1ccc(-c2cc(CNC(=O)C3CC3)c(O)c3c2CC(O)(CC(O)(CCO)C(CO)C(=O)CC(=O)O)CC3=O)cc1. The molecule has 0 bridgehead atoms. The number of aromatic hydroxyl groups is 1. The molecular weight excluding hydrogens is 582 g/mol. The molecule has 0 heterocycles. The van der Waals surface area contributed by atoms with E-state index in [9.17, 15) is 44.7 Å². The normalized spacial score (nSPS) is 20.2. The Morgan fingerprint density at radius 3 is 2.24 bits per heavy atom. The van der Waals surface area contributed by atoms with Crippen molar-refractivity contribution in [2.75, 3.05) is 13.2 Å². The summed E-state index contributed by atoms with van der Waals surface area (Å²) < 4.78 is 0. The van der Waals surface area contributed by atoms with Crippen molar-refractivity contribution in [2.45, 2.75) is 88.9 Å². The van der Waals surface area contributed by atoms with Crippen LogP contribution in [0, 0.1) is 11.8 Å². The van der Waals surface area contributed by atoms with Gasteiger partial charge in [-0.1, -0.05) is 45.0 Å². The molecule has 244 valence electrons. The van der Waals surface area contributed by atoms with Crippen molar-refractivity contribution in [3.63, 3.8) is 0 Å². The summed E-state index contributed by atoms with van der Waals surface area (Å²) in [5, 5.41) is 66.4. The van der Waals surface area contributed by atoms with E-state index in [0.717, 1.165) is 18.4 Å². The zero-order valence-electron chi connectivity index (χ0n) is 25.9. The summed E-state index contributed by atoms with van der Waals surface area (Å²) in [6, 6.07) is 9.29. The summed E-state index contributed by atoms with van der Waals surface area (Å²) in [5.41, 5.74) is -1.50. The molecule has 1 amide bonds. The topological polar surface area (TPSA) is 202 Å². The van der Waals surface area contributed by atoms with Crippen molar-refractivity contribution >= 4 is 23.4 Å². The lowest BCUT2D eigenvalue weighted by atomic mass is 9.67. The van der Waals surface area contributed by atoms with E-state index in [1.54, 1.807) is 6.07 Å². The Labute approximate surface area is 261 Å². The van der Waals surface area contributed by atoms with Gasteiger partial charge in [-0.25, -0.2) is 0 Å². The van der Waals surface area contributed by atoms with Crippen LogP contribution in [0.3, 0.4) is 0 Å². The van der Waals surface area contributed by atoms with Crippen LogP contribution in [0.4, 0.5) is 0 Å². The second-order valence-corrected chi connectivity index (χ2v) is 13.6. The Morgan fingerprint density at radius 2 is 1.71 bits per heavy atom. The summed E-state index contributed by atoms with van der Waals surface area (Å²) in [5.74, 6) is -5.25. The fraction of sp³-hybridized carbons (Fsp3) is 0.529. The number of phenolic OH excluding ortho intramolecular Hbond substituents is 1. The van der Waals surface area contributed by atoms with Crippen LogP contribution in [0.15, 0.2) is 30.3 Å². The van der Waals surface area contributed by atoms with Crippen LogP contribution in [0.2, 0.25) is 0 Å². The highest BCUT2D eigenvalue weighted by atomic mass is 16.4. The minimum absolute atomic E-state index is 0.0147. The lowest BCUT2D eigenvalue weighted by Gasteiger charge is -2.43. The van der Waals surface area contributed by atoms with E-state index < -0.39 is 73.6 Å². The number of amides is 1. The van der Waals surface area contributed by atoms with Crippen molar-refractivity contribution < 1.29 is 49.8 Å². The highest BCUT2D eigenvalue weighted by Crippen LogP contribution is 2.45. The van der Waals surface area contributed by atoms with E-state index in [0.29, 0.717) is 22.3 Å². The first-order valence-corrected chi connectivity index (χ1v) is 15.2. The van der Waals surface area contributed by atoms with E-state index in [1.165, 1.54) is 0 Å². The largest absolute Gasteiger partial charge is 0.507 e. The average molecular weight is 626 g/mol. The van der Waals surface area contributed by atoms with E-state index >= 15 is 0 Å². The first-order valence-electron chi connectivity index (χ1n) is 15.2. The van der Waals surface area contributed by atoms with E-state index in [4.69, 9.17) is 5.11 Å². The summed E-state index contributed by atoms with van der Waals surface area (Å²) >= 11 is 0. The number of benzene rings is 2. The number of phenols is 1. The fourth-order valence-corrected chi connectivity index (χ4v) is 6.36. The standard InChI is InChI=1S/C34H43NO10/c1-32(2,3)22-8-6-19(7-9-22)23-12-21(16-35-31(43)20-4-5-20)30(42)29-24(23)14-33(44,15-27(29)39)18-34(45,10-11-36)25(17-37)26(38)13-28(40)41/h6-9,12,20,25,36-37,42,44-45H,4-5,10-11,13-18H2,1-3H3,(H,35,43)(H,40,41). The third-order valence-electron chi connectivity index (χ3n) is 8.95. The van der Waals surface area contributed by atoms with Crippen LogP contribution in [0.1, 0.15) is 86.3 Å². The minimum atomic E-state index is -2.24. The highest BCUT2D eigenvalue weighted by Gasteiger charge is 2.50. The zero-order valence-corrected chi connectivity index (χ0v) is 25.9. The third kappa shape index (κ3) is 7.61.